The van der Waals surface area contributed by atoms with Crippen LogP contribution in [-0.4, -0.2) is 23.3 Å². The molecule has 1 heterocycles. The van der Waals surface area contributed by atoms with Gasteiger partial charge in [-0.1, -0.05) is 25.4 Å². The van der Waals surface area contributed by atoms with Crippen LogP contribution in [0.4, 0.5) is 0 Å². The highest BCUT2D eigenvalue weighted by molar-refractivity contribution is 6.30. The van der Waals surface area contributed by atoms with Gasteiger partial charge in [0.25, 0.3) is 5.56 Å². The van der Waals surface area contributed by atoms with E-state index in [-0.39, 0.29) is 22.7 Å². The minimum Gasteiger partial charge on any atom is -0.383 e. The molecular formula is C11H17ClN2O3. The van der Waals surface area contributed by atoms with E-state index in [9.17, 15) is 9.59 Å². The van der Waals surface area contributed by atoms with Crippen LogP contribution in [0.25, 0.3) is 0 Å². The van der Waals surface area contributed by atoms with Crippen LogP contribution < -0.4 is 11.2 Å². The molecule has 1 rings (SSSR count). The largest absolute Gasteiger partial charge is 0.383 e. The average Bonchev–Trinajstić information content (AvgIpc) is 2.24. The average molecular weight is 261 g/mol. The number of aromatic nitrogens is 2. The number of ether oxygens (including phenoxy) is 1. The fourth-order valence-electron chi connectivity index (χ4n) is 1.65. The number of rotatable bonds is 4. The van der Waals surface area contributed by atoms with Gasteiger partial charge in [-0.3, -0.25) is 14.3 Å². The summed E-state index contributed by atoms with van der Waals surface area (Å²) < 4.78 is 6.23. The molecule has 1 atom stereocenters. The van der Waals surface area contributed by atoms with Crippen molar-refractivity contribution in [3.63, 3.8) is 0 Å². The van der Waals surface area contributed by atoms with Crippen molar-refractivity contribution in [3.05, 3.63) is 31.6 Å². The van der Waals surface area contributed by atoms with Crippen LogP contribution in [0.3, 0.4) is 0 Å². The van der Waals surface area contributed by atoms with Crippen molar-refractivity contribution in [1.82, 2.24) is 9.55 Å². The van der Waals surface area contributed by atoms with Crippen LogP contribution in [-0.2, 0) is 4.74 Å². The van der Waals surface area contributed by atoms with Crippen molar-refractivity contribution in [3.8, 4) is 0 Å². The molecule has 0 radical (unpaired) electrons. The van der Waals surface area contributed by atoms with E-state index in [1.165, 1.54) is 11.7 Å². The molecule has 0 aliphatic heterocycles. The van der Waals surface area contributed by atoms with Crippen LogP contribution >= 0.6 is 11.6 Å². The third kappa shape index (κ3) is 2.79. The Kier molecular flexibility index (Phi) is 4.54. The van der Waals surface area contributed by atoms with E-state index in [0.29, 0.717) is 12.2 Å². The summed E-state index contributed by atoms with van der Waals surface area (Å²) in [4.78, 5) is 26.3. The van der Waals surface area contributed by atoms with E-state index in [0.717, 1.165) is 0 Å². The predicted octanol–water partition coefficient (Wildman–Crippen LogP) is 1.34. The zero-order valence-electron chi connectivity index (χ0n) is 10.4. The fraction of sp³-hybridized carbons (Fsp3) is 0.636. The van der Waals surface area contributed by atoms with E-state index in [1.54, 1.807) is 6.92 Å². The molecule has 17 heavy (non-hydrogen) atoms. The molecule has 5 nitrogen and oxygen atoms in total. The maximum absolute atomic E-state index is 12.0. The summed E-state index contributed by atoms with van der Waals surface area (Å²) in [6, 6.07) is -0.299. The molecule has 1 aromatic rings. The Balaban J connectivity index is 3.44. The molecule has 0 aliphatic carbocycles. The lowest BCUT2D eigenvalue weighted by molar-refractivity contribution is 0.128. The van der Waals surface area contributed by atoms with Crippen LogP contribution in [0.5, 0.6) is 0 Å². The Bertz CT molecular complexity index is 504. The molecule has 1 unspecified atom stereocenters. The summed E-state index contributed by atoms with van der Waals surface area (Å²) in [6.07, 6.45) is 0. The quantitative estimate of drug-likeness (QED) is 0.831. The van der Waals surface area contributed by atoms with Gasteiger partial charge in [-0.2, -0.15) is 0 Å². The zero-order valence-corrected chi connectivity index (χ0v) is 11.2. The second kappa shape index (κ2) is 5.51. The topological polar surface area (TPSA) is 64.1 Å². The summed E-state index contributed by atoms with van der Waals surface area (Å²) in [6.45, 7) is 5.75. The van der Waals surface area contributed by atoms with Crippen molar-refractivity contribution in [1.29, 1.82) is 0 Å². The number of aromatic amines is 1. The Morgan fingerprint density at radius 3 is 2.47 bits per heavy atom. The highest BCUT2D eigenvalue weighted by Crippen LogP contribution is 2.15. The molecular weight excluding hydrogens is 244 g/mol. The minimum atomic E-state index is -0.499. The molecule has 96 valence electrons. The molecule has 0 saturated carbocycles. The van der Waals surface area contributed by atoms with Crippen molar-refractivity contribution in [2.75, 3.05) is 13.7 Å². The number of hydrogen-bond acceptors (Lipinski definition) is 3. The minimum absolute atomic E-state index is 0.0937. The highest BCUT2D eigenvalue weighted by atomic mass is 35.5. The van der Waals surface area contributed by atoms with E-state index in [1.807, 2.05) is 13.8 Å². The lowest BCUT2D eigenvalue weighted by Crippen LogP contribution is -2.42. The van der Waals surface area contributed by atoms with Crippen molar-refractivity contribution in [2.45, 2.75) is 26.8 Å². The summed E-state index contributed by atoms with van der Waals surface area (Å²) in [7, 11) is 1.54. The van der Waals surface area contributed by atoms with E-state index >= 15 is 0 Å². The van der Waals surface area contributed by atoms with Gasteiger partial charge >= 0.3 is 5.69 Å². The molecule has 0 saturated heterocycles. The molecule has 0 spiro atoms. The molecule has 0 aliphatic rings. The fourth-order valence-corrected chi connectivity index (χ4v) is 1.81. The van der Waals surface area contributed by atoms with Gasteiger partial charge in [-0.25, -0.2) is 4.79 Å². The third-order valence-electron chi connectivity index (χ3n) is 2.74. The second-order valence-electron chi connectivity index (χ2n) is 4.31. The maximum atomic E-state index is 12.0. The molecule has 0 fully saturated rings. The monoisotopic (exact) mass is 260 g/mol. The first-order valence-electron chi connectivity index (χ1n) is 5.40. The summed E-state index contributed by atoms with van der Waals surface area (Å²) in [5, 5.41) is 0.0937. The lowest BCUT2D eigenvalue weighted by Gasteiger charge is -2.22. The highest BCUT2D eigenvalue weighted by Gasteiger charge is 2.21. The van der Waals surface area contributed by atoms with Crippen LogP contribution in [0.2, 0.25) is 5.15 Å². The number of nitrogens with one attached hydrogen (secondary N) is 1. The van der Waals surface area contributed by atoms with Gasteiger partial charge in [0.15, 0.2) is 0 Å². The Morgan fingerprint density at radius 2 is 2.00 bits per heavy atom. The summed E-state index contributed by atoms with van der Waals surface area (Å²) >= 11 is 5.75. The van der Waals surface area contributed by atoms with Crippen molar-refractivity contribution in [2.24, 2.45) is 5.92 Å². The molecule has 1 aromatic heterocycles. The van der Waals surface area contributed by atoms with Gasteiger partial charge in [0.05, 0.1) is 12.6 Å². The van der Waals surface area contributed by atoms with Gasteiger partial charge in [0, 0.05) is 12.7 Å². The van der Waals surface area contributed by atoms with Gasteiger partial charge < -0.3 is 4.74 Å². The number of H-pyrrole nitrogens is 1. The molecule has 0 amide bonds. The Labute approximate surface area is 104 Å². The van der Waals surface area contributed by atoms with Crippen LogP contribution in [0, 0.1) is 12.8 Å². The first kappa shape index (κ1) is 14.0. The smallest absolute Gasteiger partial charge is 0.329 e. The van der Waals surface area contributed by atoms with Crippen molar-refractivity contribution < 1.29 is 4.74 Å². The number of nitrogens with zero attached hydrogens (tertiary/aromatic N) is 1. The SMILES string of the molecule is COCC(C(C)C)n1c(=O)[nH]c(Cl)c(C)c1=O. The standard InChI is InChI=1S/C11H17ClN2O3/c1-6(2)8(5-17-4)14-10(15)7(3)9(12)13-11(14)16/h6,8H,5H2,1-4H3,(H,13,16). The predicted molar refractivity (Wildman–Crippen MR) is 66.8 cm³/mol. The van der Waals surface area contributed by atoms with Gasteiger partial charge in [0.2, 0.25) is 0 Å². The molecule has 0 aromatic carbocycles. The van der Waals surface area contributed by atoms with E-state index < -0.39 is 5.69 Å². The van der Waals surface area contributed by atoms with Crippen LogP contribution in [0.15, 0.2) is 9.59 Å². The molecule has 6 heteroatoms. The van der Waals surface area contributed by atoms with Crippen molar-refractivity contribution >= 4 is 11.6 Å². The summed E-state index contributed by atoms with van der Waals surface area (Å²) in [5.41, 5.74) is -0.524. The normalized spacial score (nSPS) is 13.1. The Morgan fingerprint density at radius 1 is 1.41 bits per heavy atom. The first-order chi connectivity index (χ1) is 7.90. The molecule has 0 bridgehead atoms. The van der Waals surface area contributed by atoms with Gasteiger partial charge in [-0.15, -0.1) is 0 Å². The maximum Gasteiger partial charge on any atom is 0.329 e. The second-order valence-corrected chi connectivity index (χ2v) is 4.69. The van der Waals surface area contributed by atoms with E-state index in [4.69, 9.17) is 16.3 Å². The van der Waals surface area contributed by atoms with Crippen LogP contribution in [0.1, 0.15) is 25.5 Å². The van der Waals surface area contributed by atoms with E-state index in [2.05, 4.69) is 4.98 Å². The number of hydrogen-bond donors (Lipinski definition) is 1. The Hall–Kier alpha value is -1.07. The number of methoxy groups -OCH3 is 1. The molecule has 1 N–H and O–H groups in total. The third-order valence-corrected chi connectivity index (χ3v) is 3.12. The summed E-state index contributed by atoms with van der Waals surface area (Å²) in [5.74, 6) is 0.106. The first-order valence-corrected chi connectivity index (χ1v) is 5.77. The number of halogens is 1. The zero-order chi connectivity index (χ0) is 13.2. The van der Waals surface area contributed by atoms with Gasteiger partial charge in [0.1, 0.15) is 5.15 Å². The van der Waals surface area contributed by atoms with Gasteiger partial charge in [-0.05, 0) is 12.8 Å². The lowest BCUT2D eigenvalue weighted by atomic mass is 10.1.